The van der Waals surface area contributed by atoms with Crippen LogP contribution in [0.5, 0.6) is 0 Å². The summed E-state index contributed by atoms with van der Waals surface area (Å²) in [5, 5.41) is 0. The van der Waals surface area contributed by atoms with Crippen molar-refractivity contribution in [3.05, 3.63) is 0 Å². The van der Waals surface area contributed by atoms with Gasteiger partial charge in [0, 0.05) is 32.1 Å². The highest BCUT2D eigenvalue weighted by molar-refractivity contribution is 5.91. The van der Waals surface area contributed by atoms with Crippen LogP contribution < -0.4 is 0 Å². The summed E-state index contributed by atoms with van der Waals surface area (Å²) in [4.78, 5) is 28.6. The third kappa shape index (κ3) is 3.23. The Bertz CT molecular complexity index is 418. The van der Waals surface area contributed by atoms with Crippen molar-refractivity contribution in [2.24, 2.45) is 0 Å². The summed E-state index contributed by atoms with van der Waals surface area (Å²) in [5.74, 6) is 0.347. The number of Topliss-reactive ketones (excluding diaryl/α,β-unsaturated/α-hetero) is 1. The van der Waals surface area contributed by atoms with Gasteiger partial charge in [0.2, 0.25) is 0 Å². The summed E-state index contributed by atoms with van der Waals surface area (Å²) in [5.41, 5.74) is -0.813. The number of carbonyl (C=O) groups excluding carboxylic acids is 2. The molecule has 2 heterocycles. The second kappa shape index (κ2) is 5.59. The van der Waals surface area contributed by atoms with Crippen LogP contribution in [0.2, 0.25) is 0 Å². The predicted molar refractivity (Wildman–Crippen MR) is 81.2 cm³/mol. The van der Waals surface area contributed by atoms with Gasteiger partial charge in [0.15, 0.2) is 5.78 Å². The van der Waals surface area contributed by atoms with Crippen LogP contribution in [0, 0.1) is 0 Å². The Morgan fingerprint density at radius 1 is 1.19 bits per heavy atom. The number of rotatable bonds is 1. The molecule has 0 radical (unpaired) electrons. The van der Waals surface area contributed by atoms with Crippen molar-refractivity contribution in [3.63, 3.8) is 0 Å². The fraction of sp³-hybridized carbons (Fsp3) is 0.875. The molecule has 5 nitrogen and oxygen atoms in total. The van der Waals surface area contributed by atoms with Crippen LogP contribution in [-0.4, -0.2) is 58.5 Å². The van der Waals surface area contributed by atoms with Gasteiger partial charge in [0.05, 0.1) is 5.54 Å². The van der Waals surface area contributed by atoms with Crippen molar-refractivity contribution in [2.45, 2.75) is 71.1 Å². The average Bonchev–Trinajstić information content (AvgIpc) is 2.66. The van der Waals surface area contributed by atoms with Gasteiger partial charge < -0.3 is 9.64 Å². The summed E-state index contributed by atoms with van der Waals surface area (Å²) in [6, 6.07) is 0.365. The van der Waals surface area contributed by atoms with Gasteiger partial charge in [0.1, 0.15) is 5.60 Å². The molecule has 0 aliphatic carbocycles. The van der Waals surface area contributed by atoms with Crippen molar-refractivity contribution in [1.29, 1.82) is 0 Å². The molecule has 0 unspecified atom stereocenters. The van der Waals surface area contributed by atoms with Gasteiger partial charge in [-0.25, -0.2) is 4.79 Å². The highest BCUT2D eigenvalue weighted by atomic mass is 16.6. The van der Waals surface area contributed by atoms with Crippen molar-refractivity contribution >= 4 is 11.9 Å². The standard InChI is InChI=1S/C16H28N2O3/c1-12(2)18-9-6-13(19)16(18)7-10-17(11-8-16)14(20)21-15(3,4)5/h12H,6-11H2,1-5H3. The van der Waals surface area contributed by atoms with E-state index in [1.807, 2.05) is 20.8 Å². The molecule has 0 aromatic rings. The minimum Gasteiger partial charge on any atom is -0.444 e. The minimum absolute atomic E-state index is 0.265. The van der Waals surface area contributed by atoms with E-state index < -0.39 is 5.60 Å². The molecule has 5 heteroatoms. The number of hydrogen-bond acceptors (Lipinski definition) is 4. The molecule has 21 heavy (non-hydrogen) atoms. The third-order valence-electron chi connectivity index (χ3n) is 4.51. The minimum atomic E-state index is -0.473. The molecule has 2 rings (SSSR count). The van der Waals surface area contributed by atoms with Crippen LogP contribution in [0.15, 0.2) is 0 Å². The molecule has 0 aromatic heterocycles. The number of amides is 1. The van der Waals surface area contributed by atoms with Crippen LogP contribution in [0.1, 0.15) is 53.9 Å². The van der Waals surface area contributed by atoms with E-state index in [-0.39, 0.29) is 11.6 Å². The Hall–Kier alpha value is -1.10. The Morgan fingerprint density at radius 2 is 1.76 bits per heavy atom. The number of nitrogens with zero attached hydrogens (tertiary/aromatic N) is 2. The van der Waals surface area contributed by atoms with Gasteiger partial charge in [-0.05, 0) is 47.5 Å². The zero-order valence-corrected chi connectivity index (χ0v) is 13.9. The highest BCUT2D eigenvalue weighted by Crippen LogP contribution is 2.37. The second-order valence-electron chi connectivity index (χ2n) is 7.46. The third-order valence-corrected chi connectivity index (χ3v) is 4.51. The first-order chi connectivity index (χ1) is 9.66. The molecule has 0 bridgehead atoms. The van der Waals surface area contributed by atoms with Crippen LogP contribution in [0.4, 0.5) is 4.79 Å². The first kappa shape index (κ1) is 16.3. The van der Waals surface area contributed by atoms with Crippen LogP contribution in [-0.2, 0) is 9.53 Å². The van der Waals surface area contributed by atoms with E-state index in [0.717, 1.165) is 19.4 Å². The lowest BCUT2D eigenvalue weighted by atomic mass is 9.83. The van der Waals surface area contributed by atoms with Crippen LogP contribution >= 0.6 is 0 Å². The lowest BCUT2D eigenvalue weighted by Crippen LogP contribution is -2.58. The molecule has 2 fully saturated rings. The van der Waals surface area contributed by atoms with E-state index >= 15 is 0 Å². The Labute approximate surface area is 127 Å². The SMILES string of the molecule is CC(C)N1CCC(=O)C12CCN(C(=O)OC(C)(C)C)CC2. The van der Waals surface area contributed by atoms with Gasteiger partial charge in [-0.1, -0.05) is 0 Å². The second-order valence-corrected chi connectivity index (χ2v) is 7.46. The average molecular weight is 296 g/mol. The molecule has 120 valence electrons. The number of carbonyl (C=O) groups is 2. The number of ether oxygens (including phenoxy) is 1. The van der Waals surface area contributed by atoms with E-state index in [1.54, 1.807) is 4.90 Å². The molecule has 2 saturated heterocycles. The van der Waals surface area contributed by atoms with E-state index in [2.05, 4.69) is 18.7 Å². The number of likely N-dealkylation sites (tertiary alicyclic amines) is 2. The van der Waals surface area contributed by atoms with Crippen molar-refractivity contribution in [2.75, 3.05) is 19.6 Å². The molecule has 0 N–H and O–H groups in total. The number of ketones is 1. The lowest BCUT2D eigenvalue weighted by Gasteiger charge is -2.45. The lowest BCUT2D eigenvalue weighted by molar-refractivity contribution is -0.128. The van der Waals surface area contributed by atoms with Gasteiger partial charge in [-0.3, -0.25) is 9.69 Å². The molecule has 2 aliphatic heterocycles. The molecule has 0 atom stereocenters. The zero-order chi connectivity index (χ0) is 15.8. The van der Waals surface area contributed by atoms with Gasteiger partial charge >= 0.3 is 6.09 Å². The van der Waals surface area contributed by atoms with Crippen LogP contribution in [0.3, 0.4) is 0 Å². The Balaban J connectivity index is 2.02. The summed E-state index contributed by atoms with van der Waals surface area (Å²) in [6.07, 6.45) is 1.83. The summed E-state index contributed by atoms with van der Waals surface area (Å²) >= 11 is 0. The normalized spacial score (nSPS) is 23.1. The van der Waals surface area contributed by atoms with E-state index in [0.29, 0.717) is 31.3 Å². The van der Waals surface area contributed by atoms with Crippen molar-refractivity contribution in [1.82, 2.24) is 9.80 Å². The molecular formula is C16H28N2O3. The molecule has 0 aromatic carbocycles. The molecule has 2 aliphatic rings. The Morgan fingerprint density at radius 3 is 2.24 bits per heavy atom. The van der Waals surface area contributed by atoms with Gasteiger partial charge in [-0.2, -0.15) is 0 Å². The fourth-order valence-corrected chi connectivity index (χ4v) is 3.53. The monoisotopic (exact) mass is 296 g/mol. The molecule has 1 spiro atoms. The van der Waals surface area contributed by atoms with Crippen molar-refractivity contribution in [3.8, 4) is 0 Å². The zero-order valence-electron chi connectivity index (χ0n) is 13.9. The molecule has 0 saturated carbocycles. The highest BCUT2D eigenvalue weighted by Gasteiger charge is 2.51. The maximum absolute atomic E-state index is 12.4. The summed E-state index contributed by atoms with van der Waals surface area (Å²) in [7, 11) is 0. The van der Waals surface area contributed by atoms with E-state index in [1.165, 1.54) is 0 Å². The topological polar surface area (TPSA) is 49.9 Å². The fourth-order valence-electron chi connectivity index (χ4n) is 3.53. The first-order valence-corrected chi connectivity index (χ1v) is 7.94. The summed E-state index contributed by atoms with van der Waals surface area (Å²) in [6.45, 7) is 11.9. The Kier molecular flexibility index (Phi) is 4.34. The quantitative estimate of drug-likeness (QED) is 0.746. The number of piperidine rings is 1. The predicted octanol–water partition coefficient (Wildman–Crippen LogP) is 2.44. The van der Waals surface area contributed by atoms with E-state index in [4.69, 9.17) is 4.74 Å². The van der Waals surface area contributed by atoms with Crippen LogP contribution in [0.25, 0.3) is 0 Å². The smallest absolute Gasteiger partial charge is 0.410 e. The first-order valence-electron chi connectivity index (χ1n) is 7.94. The van der Waals surface area contributed by atoms with Gasteiger partial charge in [0.25, 0.3) is 0 Å². The maximum atomic E-state index is 12.4. The number of hydrogen-bond donors (Lipinski definition) is 0. The maximum Gasteiger partial charge on any atom is 0.410 e. The molecular weight excluding hydrogens is 268 g/mol. The van der Waals surface area contributed by atoms with E-state index in [9.17, 15) is 9.59 Å². The van der Waals surface area contributed by atoms with Crippen molar-refractivity contribution < 1.29 is 14.3 Å². The largest absolute Gasteiger partial charge is 0.444 e. The molecule has 1 amide bonds. The summed E-state index contributed by atoms with van der Waals surface area (Å²) < 4.78 is 5.42. The van der Waals surface area contributed by atoms with Gasteiger partial charge in [-0.15, -0.1) is 0 Å².